The second-order valence-electron chi connectivity index (χ2n) is 7.17. The molecule has 0 saturated carbocycles. The van der Waals surface area contributed by atoms with Crippen LogP contribution in [0.25, 0.3) is 0 Å². The molecule has 0 spiro atoms. The van der Waals surface area contributed by atoms with Crippen molar-refractivity contribution in [2.24, 2.45) is 5.92 Å². The van der Waals surface area contributed by atoms with Gasteiger partial charge in [-0.15, -0.1) is 0 Å². The fourth-order valence-electron chi connectivity index (χ4n) is 2.67. The summed E-state index contributed by atoms with van der Waals surface area (Å²) in [6.07, 6.45) is 0.344. The van der Waals surface area contributed by atoms with Gasteiger partial charge in [0.15, 0.2) is 0 Å². The lowest BCUT2D eigenvalue weighted by molar-refractivity contribution is -0.116. The largest absolute Gasteiger partial charge is 0.492 e. The monoisotopic (exact) mass is 488 g/mol. The van der Waals surface area contributed by atoms with Crippen LogP contribution in [0.15, 0.2) is 47.4 Å². The Bertz CT molecular complexity index is 1030. The summed E-state index contributed by atoms with van der Waals surface area (Å²) in [7, 11) is -0.299. The van der Waals surface area contributed by atoms with Gasteiger partial charge < -0.3 is 14.8 Å². The van der Waals surface area contributed by atoms with E-state index in [0.29, 0.717) is 12.1 Å². The van der Waals surface area contributed by atoms with Crippen molar-refractivity contribution < 1.29 is 27.1 Å². The first-order valence-electron chi connectivity index (χ1n) is 9.55. The summed E-state index contributed by atoms with van der Waals surface area (Å²) in [4.78, 5) is 11.9. The molecular weight excluding hydrogens is 461 g/mol. The minimum atomic E-state index is -4.04. The van der Waals surface area contributed by atoms with Crippen LogP contribution in [0, 0.1) is 5.92 Å². The maximum absolute atomic E-state index is 13.7. The van der Waals surface area contributed by atoms with Gasteiger partial charge in [0.2, 0.25) is 5.91 Å². The van der Waals surface area contributed by atoms with Crippen molar-refractivity contribution in [1.29, 1.82) is 0 Å². The molecule has 31 heavy (non-hydrogen) atoms. The summed E-state index contributed by atoms with van der Waals surface area (Å²) in [5.74, 6) is 0.258. The summed E-state index contributed by atoms with van der Waals surface area (Å²) in [6, 6.07) is 10.2. The van der Waals surface area contributed by atoms with Crippen LogP contribution in [0.3, 0.4) is 0 Å². The molecule has 2 aromatic carbocycles. The molecule has 0 aliphatic rings. The lowest BCUT2D eigenvalue weighted by atomic mass is 10.1. The van der Waals surface area contributed by atoms with Crippen LogP contribution >= 0.6 is 18.5 Å². The van der Waals surface area contributed by atoms with Crippen LogP contribution in [-0.4, -0.2) is 26.3 Å². The maximum atomic E-state index is 13.7. The highest BCUT2D eigenvalue weighted by Crippen LogP contribution is 2.34. The minimum absolute atomic E-state index is 0.0977. The highest BCUT2D eigenvalue weighted by molar-refractivity contribution is 7.92. The molecular formula is C20H27FN2O5P2S. The van der Waals surface area contributed by atoms with Gasteiger partial charge in [-0.1, -0.05) is 19.9 Å². The third-order valence-electron chi connectivity index (χ3n) is 3.77. The first kappa shape index (κ1) is 25.3. The summed E-state index contributed by atoms with van der Waals surface area (Å²) in [5.41, 5.74) is 0.622. The highest BCUT2D eigenvalue weighted by atomic mass is 32.2. The van der Waals surface area contributed by atoms with E-state index in [0.717, 1.165) is 0 Å². The second kappa shape index (κ2) is 10.6. The number of anilines is 2. The Hall–Kier alpha value is -1.95. The van der Waals surface area contributed by atoms with E-state index in [-0.39, 0.29) is 40.5 Å². The molecule has 11 heteroatoms. The minimum Gasteiger partial charge on any atom is -0.492 e. The predicted octanol–water partition coefficient (Wildman–Crippen LogP) is 4.58. The molecule has 2 atom stereocenters. The van der Waals surface area contributed by atoms with Gasteiger partial charge in [-0.25, -0.2) is 8.42 Å². The van der Waals surface area contributed by atoms with E-state index in [4.69, 9.17) is 9.47 Å². The number of alkyl halides is 1. The molecule has 1 amide bonds. The van der Waals surface area contributed by atoms with Gasteiger partial charge in [0.1, 0.15) is 16.4 Å². The number of nitrogens with one attached hydrogen (secondary N) is 2. The van der Waals surface area contributed by atoms with Gasteiger partial charge in [-0.2, -0.15) is 4.39 Å². The van der Waals surface area contributed by atoms with E-state index in [1.165, 1.54) is 42.5 Å². The number of amides is 1. The Morgan fingerprint density at radius 3 is 2.48 bits per heavy atom. The fraction of sp³-hybridized carbons (Fsp3) is 0.350. The van der Waals surface area contributed by atoms with Crippen molar-refractivity contribution in [2.45, 2.75) is 37.4 Å². The van der Waals surface area contributed by atoms with Crippen LogP contribution in [-0.2, 0) is 14.8 Å². The maximum Gasteiger partial charge on any atom is 0.270 e. The van der Waals surface area contributed by atoms with Crippen LogP contribution in [0.4, 0.5) is 15.8 Å². The first-order chi connectivity index (χ1) is 14.4. The van der Waals surface area contributed by atoms with E-state index in [9.17, 15) is 17.6 Å². The topological polar surface area (TPSA) is 93.7 Å². The molecule has 2 rings (SSSR count). The van der Waals surface area contributed by atoms with Gasteiger partial charge in [-0.3, -0.25) is 9.52 Å². The highest BCUT2D eigenvalue weighted by Gasteiger charge is 2.22. The molecule has 0 fully saturated rings. The van der Waals surface area contributed by atoms with Crippen molar-refractivity contribution in [3.63, 3.8) is 0 Å². The standard InChI is InChI=1S/C20H27FN2O5P2S/c1-4-27-17-12-14(22-19(24)10-13(2)3)8-9-18(17)31(25,26)23-15-6-5-7-16(11-15)28-20(21,29)30/h5-9,11-13,23H,4,10,29-30H2,1-3H3,(H,22,24). The molecule has 0 aliphatic heterocycles. The number of ether oxygens (including phenoxy) is 2. The number of hydrogen-bond acceptors (Lipinski definition) is 5. The SMILES string of the molecule is CCOc1cc(NC(=O)CC(C)C)ccc1S(=O)(=O)Nc1cccc(OC(F)(P)P)c1. The molecule has 170 valence electrons. The second-order valence-corrected chi connectivity index (χ2v) is 11.1. The summed E-state index contributed by atoms with van der Waals surface area (Å²) in [5, 5.41) is 0.665. The molecule has 2 aromatic rings. The fourth-order valence-corrected chi connectivity index (χ4v) is 4.12. The van der Waals surface area contributed by atoms with Crippen molar-refractivity contribution >= 4 is 45.8 Å². The predicted molar refractivity (Wildman–Crippen MR) is 127 cm³/mol. The zero-order valence-electron chi connectivity index (χ0n) is 17.5. The number of carbonyl (C=O) groups excluding carboxylic acids is 1. The number of benzene rings is 2. The van der Waals surface area contributed by atoms with E-state index < -0.39 is 15.4 Å². The third-order valence-corrected chi connectivity index (χ3v) is 5.43. The number of sulfonamides is 1. The van der Waals surface area contributed by atoms with Crippen molar-refractivity contribution in [3.05, 3.63) is 42.5 Å². The van der Waals surface area contributed by atoms with Gasteiger partial charge in [0.25, 0.3) is 15.4 Å². The molecule has 2 N–H and O–H groups in total. The Labute approximate surface area is 186 Å². The molecule has 7 nitrogen and oxygen atoms in total. The van der Waals surface area contributed by atoms with Gasteiger partial charge in [0.05, 0.1) is 12.3 Å². The third kappa shape index (κ3) is 8.24. The van der Waals surface area contributed by atoms with Crippen LogP contribution < -0.4 is 19.5 Å². The normalized spacial score (nSPS) is 11.8. The quantitative estimate of drug-likeness (QED) is 0.478. The molecule has 0 bridgehead atoms. The van der Waals surface area contributed by atoms with E-state index in [1.807, 2.05) is 32.3 Å². The zero-order valence-corrected chi connectivity index (χ0v) is 20.6. The number of rotatable bonds is 10. The molecule has 0 heterocycles. The van der Waals surface area contributed by atoms with Crippen molar-refractivity contribution in [2.75, 3.05) is 16.6 Å². The van der Waals surface area contributed by atoms with Crippen LogP contribution in [0.1, 0.15) is 27.2 Å². The lowest BCUT2D eigenvalue weighted by Crippen LogP contribution is -2.17. The van der Waals surface area contributed by atoms with Gasteiger partial charge >= 0.3 is 0 Å². The van der Waals surface area contributed by atoms with Gasteiger partial charge in [-0.05, 0) is 55.6 Å². The lowest BCUT2D eigenvalue weighted by Gasteiger charge is -2.18. The average Bonchev–Trinajstić information content (AvgIpc) is 2.59. The van der Waals surface area contributed by atoms with E-state index >= 15 is 0 Å². The Morgan fingerprint density at radius 1 is 1.16 bits per heavy atom. The number of hydrogen-bond donors (Lipinski definition) is 2. The molecule has 2 unspecified atom stereocenters. The summed E-state index contributed by atoms with van der Waals surface area (Å²) < 4.78 is 52.6. The first-order valence-corrected chi connectivity index (χ1v) is 12.2. The van der Waals surface area contributed by atoms with Gasteiger partial charge in [0, 0.05) is 24.2 Å². The van der Waals surface area contributed by atoms with Crippen molar-refractivity contribution in [3.8, 4) is 11.5 Å². The van der Waals surface area contributed by atoms with E-state index in [1.54, 1.807) is 6.92 Å². The Morgan fingerprint density at radius 2 is 1.87 bits per heavy atom. The summed E-state index contributed by atoms with van der Waals surface area (Å²) in [6.45, 7) is 5.82. The Kier molecular flexibility index (Phi) is 8.64. The summed E-state index contributed by atoms with van der Waals surface area (Å²) >= 11 is 0. The average molecular weight is 488 g/mol. The number of carbonyl (C=O) groups is 1. The molecule has 0 aliphatic carbocycles. The smallest absolute Gasteiger partial charge is 0.270 e. The van der Waals surface area contributed by atoms with E-state index in [2.05, 4.69) is 10.0 Å². The van der Waals surface area contributed by atoms with Crippen molar-refractivity contribution in [1.82, 2.24) is 0 Å². The molecule has 0 aromatic heterocycles. The van der Waals surface area contributed by atoms with Crippen LogP contribution in [0.5, 0.6) is 11.5 Å². The molecule has 0 radical (unpaired) electrons. The van der Waals surface area contributed by atoms with Crippen LogP contribution in [0.2, 0.25) is 0 Å². The zero-order chi connectivity index (χ0) is 23.2. The Balaban J connectivity index is 2.29. The molecule has 0 saturated heterocycles. The number of halogens is 1.